The Bertz CT molecular complexity index is 620. The highest BCUT2D eigenvalue weighted by atomic mass is 35.5. The molecule has 0 aliphatic rings. The molecule has 2 N–H and O–H groups in total. The molecule has 0 aromatic heterocycles. The van der Waals surface area contributed by atoms with Gasteiger partial charge in [0.25, 0.3) is 5.69 Å². The summed E-state index contributed by atoms with van der Waals surface area (Å²) in [7, 11) is 0. The van der Waals surface area contributed by atoms with E-state index in [2.05, 4.69) is 5.32 Å². The number of hydrogen-bond acceptors (Lipinski definition) is 4. The van der Waals surface area contributed by atoms with Gasteiger partial charge in [0, 0.05) is 6.07 Å². The van der Waals surface area contributed by atoms with E-state index in [1.165, 1.54) is 12.1 Å². The van der Waals surface area contributed by atoms with Crippen LogP contribution in [-0.2, 0) is 6.42 Å². The van der Waals surface area contributed by atoms with Gasteiger partial charge in [0.1, 0.15) is 5.69 Å². The quantitative estimate of drug-likeness (QED) is 0.634. The van der Waals surface area contributed by atoms with Crippen LogP contribution in [0.25, 0.3) is 0 Å². The smallest absolute Gasteiger partial charge is 0.293 e. The van der Waals surface area contributed by atoms with Crippen molar-refractivity contribution in [2.24, 2.45) is 0 Å². The van der Waals surface area contributed by atoms with E-state index >= 15 is 0 Å². The highest BCUT2D eigenvalue weighted by molar-refractivity contribution is 6.33. The van der Waals surface area contributed by atoms with Crippen LogP contribution in [0.4, 0.5) is 11.4 Å². The standard InChI is InChI=1S/C15H15ClN2O3/c16-13-7-4-8-14(18(20)21)15(13)17-12(10-19)9-11-5-2-1-3-6-11/h1-8,12,17,19H,9-10H2. The highest BCUT2D eigenvalue weighted by Crippen LogP contribution is 2.32. The summed E-state index contributed by atoms with van der Waals surface area (Å²) in [6, 6.07) is 13.7. The van der Waals surface area contributed by atoms with E-state index in [9.17, 15) is 15.2 Å². The van der Waals surface area contributed by atoms with Gasteiger partial charge in [-0.2, -0.15) is 0 Å². The number of anilines is 1. The number of nitrogens with zero attached hydrogens (tertiary/aromatic N) is 1. The molecule has 0 fully saturated rings. The summed E-state index contributed by atoms with van der Waals surface area (Å²) in [6.45, 7) is -0.155. The van der Waals surface area contributed by atoms with Gasteiger partial charge in [-0.25, -0.2) is 0 Å². The Kier molecular flexibility index (Phi) is 5.14. The second-order valence-electron chi connectivity index (χ2n) is 4.60. The minimum absolute atomic E-state index is 0.103. The van der Waals surface area contributed by atoms with Crippen LogP contribution >= 0.6 is 11.6 Å². The molecule has 21 heavy (non-hydrogen) atoms. The van der Waals surface area contributed by atoms with Crippen molar-refractivity contribution in [1.29, 1.82) is 0 Å². The van der Waals surface area contributed by atoms with Crippen LogP contribution in [0.1, 0.15) is 5.56 Å². The van der Waals surface area contributed by atoms with Crippen molar-refractivity contribution in [3.63, 3.8) is 0 Å². The first-order valence-electron chi connectivity index (χ1n) is 6.46. The molecule has 5 nitrogen and oxygen atoms in total. The minimum Gasteiger partial charge on any atom is -0.394 e. The third-order valence-electron chi connectivity index (χ3n) is 3.08. The molecule has 2 aromatic rings. The molecule has 0 amide bonds. The molecular formula is C15H15ClN2O3. The topological polar surface area (TPSA) is 75.4 Å². The molecule has 1 unspecified atom stereocenters. The molecule has 2 rings (SSSR count). The largest absolute Gasteiger partial charge is 0.394 e. The Morgan fingerprint density at radius 3 is 2.52 bits per heavy atom. The Morgan fingerprint density at radius 1 is 1.19 bits per heavy atom. The lowest BCUT2D eigenvalue weighted by atomic mass is 10.1. The number of halogens is 1. The van der Waals surface area contributed by atoms with Gasteiger partial charge in [0.05, 0.1) is 22.6 Å². The van der Waals surface area contributed by atoms with Gasteiger partial charge in [0.15, 0.2) is 0 Å². The molecular weight excluding hydrogens is 292 g/mol. The molecule has 0 heterocycles. The lowest BCUT2D eigenvalue weighted by Crippen LogP contribution is -2.27. The van der Waals surface area contributed by atoms with Gasteiger partial charge >= 0.3 is 0 Å². The van der Waals surface area contributed by atoms with Crippen molar-refractivity contribution in [2.45, 2.75) is 12.5 Å². The monoisotopic (exact) mass is 306 g/mol. The molecule has 6 heteroatoms. The van der Waals surface area contributed by atoms with Crippen LogP contribution in [0.5, 0.6) is 0 Å². The fraction of sp³-hybridized carbons (Fsp3) is 0.200. The van der Waals surface area contributed by atoms with E-state index in [1.807, 2.05) is 30.3 Å². The van der Waals surface area contributed by atoms with Crippen molar-refractivity contribution >= 4 is 23.0 Å². The number of nitrogens with one attached hydrogen (secondary N) is 1. The number of benzene rings is 2. The summed E-state index contributed by atoms with van der Waals surface area (Å²) in [5, 5.41) is 23.8. The molecule has 0 saturated heterocycles. The molecule has 0 saturated carbocycles. The Balaban J connectivity index is 2.21. The fourth-order valence-electron chi connectivity index (χ4n) is 2.07. The number of rotatable bonds is 6. The van der Waals surface area contributed by atoms with E-state index in [4.69, 9.17) is 11.6 Å². The first-order valence-corrected chi connectivity index (χ1v) is 6.84. The first kappa shape index (κ1) is 15.3. The van der Waals surface area contributed by atoms with Crippen LogP contribution < -0.4 is 5.32 Å². The molecule has 0 spiro atoms. The predicted octanol–water partition coefficient (Wildman–Crippen LogP) is 3.26. The van der Waals surface area contributed by atoms with Gasteiger partial charge in [-0.05, 0) is 18.1 Å². The van der Waals surface area contributed by atoms with Gasteiger partial charge in [0.2, 0.25) is 0 Å². The summed E-state index contributed by atoms with van der Waals surface area (Å²) < 4.78 is 0. The summed E-state index contributed by atoms with van der Waals surface area (Å²) in [4.78, 5) is 10.6. The molecule has 0 radical (unpaired) electrons. The molecule has 110 valence electrons. The third-order valence-corrected chi connectivity index (χ3v) is 3.40. The van der Waals surface area contributed by atoms with Gasteiger partial charge < -0.3 is 10.4 Å². The Labute approximate surface area is 127 Å². The zero-order valence-corrected chi connectivity index (χ0v) is 12.0. The van der Waals surface area contributed by atoms with Crippen LogP contribution in [0.2, 0.25) is 5.02 Å². The van der Waals surface area contributed by atoms with E-state index in [0.29, 0.717) is 6.42 Å². The van der Waals surface area contributed by atoms with Crippen molar-refractivity contribution in [2.75, 3.05) is 11.9 Å². The zero-order chi connectivity index (χ0) is 15.2. The van der Waals surface area contributed by atoms with Crippen molar-refractivity contribution < 1.29 is 10.0 Å². The second kappa shape index (κ2) is 7.06. The van der Waals surface area contributed by atoms with Crippen molar-refractivity contribution in [3.8, 4) is 0 Å². The van der Waals surface area contributed by atoms with Gasteiger partial charge in [-0.3, -0.25) is 10.1 Å². The van der Waals surface area contributed by atoms with Gasteiger partial charge in [-0.15, -0.1) is 0 Å². The maximum absolute atomic E-state index is 11.0. The Morgan fingerprint density at radius 2 is 1.90 bits per heavy atom. The molecule has 0 aliphatic carbocycles. The summed E-state index contributed by atoms with van der Waals surface area (Å²) in [6.07, 6.45) is 0.541. The normalized spacial score (nSPS) is 11.9. The Hall–Kier alpha value is -2.11. The summed E-state index contributed by atoms with van der Waals surface area (Å²) in [5.41, 5.74) is 1.16. The second-order valence-corrected chi connectivity index (χ2v) is 5.01. The van der Waals surface area contributed by atoms with Crippen molar-refractivity contribution in [1.82, 2.24) is 0 Å². The number of hydrogen-bond donors (Lipinski definition) is 2. The summed E-state index contributed by atoms with van der Waals surface area (Å²) >= 11 is 6.03. The highest BCUT2D eigenvalue weighted by Gasteiger charge is 2.19. The van der Waals surface area contributed by atoms with Gasteiger partial charge in [-0.1, -0.05) is 48.0 Å². The minimum atomic E-state index is -0.495. The van der Waals surface area contributed by atoms with Crippen LogP contribution in [-0.4, -0.2) is 22.7 Å². The van der Waals surface area contributed by atoms with E-state index in [-0.39, 0.29) is 29.0 Å². The predicted molar refractivity (Wildman–Crippen MR) is 82.7 cm³/mol. The van der Waals surface area contributed by atoms with Crippen LogP contribution in [0.15, 0.2) is 48.5 Å². The lowest BCUT2D eigenvalue weighted by molar-refractivity contribution is -0.384. The maximum atomic E-state index is 11.0. The van der Waals surface area contributed by atoms with Crippen LogP contribution in [0, 0.1) is 10.1 Å². The SMILES string of the molecule is O=[N+]([O-])c1cccc(Cl)c1NC(CO)Cc1ccccc1. The number of aliphatic hydroxyl groups is 1. The van der Waals surface area contributed by atoms with E-state index in [0.717, 1.165) is 5.56 Å². The third kappa shape index (κ3) is 3.93. The van der Waals surface area contributed by atoms with E-state index < -0.39 is 4.92 Å². The number of nitro benzene ring substituents is 1. The molecule has 1 atom stereocenters. The number of nitro groups is 1. The number of para-hydroxylation sites is 1. The summed E-state index contributed by atoms with van der Waals surface area (Å²) in [5.74, 6) is 0. The van der Waals surface area contributed by atoms with Crippen LogP contribution in [0.3, 0.4) is 0 Å². The molecule has 0 bridgehead atoms. The lowest BCUT2D eigenvalue weighted by Gasteiger charge is -2.18. The average molecular weight is 307 g/mol. The van der Waals surface area contributed by atoms with E-state index in [1.54, 1.807) is 6.07 Å². The van der Waals surface area contributed by atoms with Crippen molar-refractivity contribution in [3.05, 3.63) is 69.2 Å². The maximum Gasteiger partial charge on any atom is 0.293 e. The zero-order valence-electron chi connectivity index (χ0n) is 11.2. The molecule has 2 aromatic carbocycles. The molecule has 0 aliphatic heterocycles. The number of aliphatic hydroxyl groups excluding tert-OH is 1. The average Bonchev–Trinajstić information content (AvgIpc) is 2.49. The first-order chi connectivity index (χ1) is 10.1. The fourth-order valence-corrected chi connectivity index (χ4v) is 2.30.